The second kappa shape index (κ2) is 7.77. The number of carbonyl (C=O) groups is 1. The highest BCUT2D eigenvalue weighted by atomic mass is 35.5. The summed E-state index contributed by atoms with van der Waals surface area (Å²) in [5.74, 6) is -1.86. The molecule has 2 rings (SSSR count). The molecule has 0 atom stereocenters. The van der Waals surface area contributed by atoms with E-state index in [1.807, 2.05) is 0 Å². The van der Waals surface area contributed by atoms with Crippen molar-refractivity contribution >= 4 is 46.4 Å². The number of pyridine rings is 1. The number of hydrogen-bond acceptors (Lipinski definition) is 4. The molecule has 1 aromatic heterocycles. The molecule has 8 heteroatoms. The molecule has 0 aliphatic heterocycles. The molecule has 0 fully saturated rings. The lowest BCUT2D eigenvalue weighted by molar-refractivity contribution is 0.104. The third kappa shape index (κ3) is 4.67. The molecule has 0 spiro atoms. The molecule has 0 saturated heterocycles. The Hall–Kier alpha value is -1.63. The lowest BCUT2D eigenvalue weighted by Crippen LogP contribution is -2.04. The van der Waals surface area contributed by atoms with E-state index in [1.165, 1.54) is 36.0 Å². The first kappa shape index (κ1) is 17.7. The lowest BCUT2D eigenvalue weighted by Gasteiger charge is -2.09. The summed E-state index contributed by atoms with van der Waals surface area (Å²) in [6.45, 7) is 0. The number of anilines is 1. The van der Waals surface area contributed by atoms with E-state index in [0.29, 0.717) is 5.03 Å². The van der Waals surface area contributed by atoms with Crippen molar-refractivity contribution in [2.75, 3.05) is 11.6 Å². The van der Waals surface area contributed by atoms with Gasteiger partial charge in [-0.05, 0) is 30.5 Å². The number of carbonyl (C=O) groups excluding carboxylic acids is 1. The van der Waals surface area contributed by atoms with E-state index in [4.69, 9.17) is 23.2 Å². The highest BCUT2D eigenvalue weighted by Crippen LogP contribution is 2.23. The van der Waals surface area contributed by atoms with Gasteiger partial charge < -0.3 is 5.32 Å². The summed E-state index contributed by atoms with van der Waals surface area (Å²) in [5, 5.41) is 3.25. The fourth-order valence-electron chi connectivity index (χ4n) is 1.66. The van der Waals surface area contributed by atoms with Gasteiger partial charge in [-0.3, -0.25) is 4.79 Å². The van der Waals surface area contributed by atoms with Crippen LogP contribution in [0.2, 0.25) is 10.3 Å². The number of rotatable bonds is 5. The zero-order chi connectivity index (χ0) is 17.0. The van der Waals surface area contributed by atoms with Gasteiger partial charge in [-0.2, -0.15) is 0 Å². The van der Waals surface area contributed by atoms with Crippen molar-refractivity contribution in [2.45, 2.75) is 0 Å². The molecule has 0 unspecified atom stereocenters. The van der Waals surface area contributed by atoms with Gasteiger partial charge in [0.15, 0.2) is 5.78 Å². The lowest BCUT2D eigenvalue weighted by atomic mass is 10.2. The van der Waals surface area contributed by atoms with Gasteiger partial charge in [0.1, 0.15) is 21.9 Å². The van der Waals surface area contributed by atoms with E-state index >= 15 is 0 Å². The van der Waals surface area contributed by atoms with E-state index < -0.39 is 17.4 Å². The van der Waals surface area contributed by atoms with Crippen molar-refractivity contribution in [1.82, 2.24) is 4.98 Å². The Bertz CT molecular complexity index is 784. The first-order valence-corrected chi connectivity index (χ1v) is 8.23. The van der Waals surface area contributed by atoms with E-state index in [0.717, 1.165) is 12.1 Å². The Morgan fingerprint density at radius 1 is 1.26 bits per heavy atom. The predicted octanol–water partition coefficient (Wildman–Crippen LogP) is 5.17. The zero-order valence-corrected chi connectivity index (χ0v) is 14.1. The quantitative estimate of drug-likeness (QED) is 0.445. The van der Waals surface area contributed by atoms with Crippen molar-refractivity contribution in [3.63, 3.8) is 0 Å². The summed E-state index contributed by atoms with van der Waals surface area (Å²) < 4.78 is 26.5. The molecule has 0 bridgehead atoms. The molecule has 0 radical (unpaired) electrons. The second-order valence-corrected chi connectivity index (χ2v) is 5.89. The Labute approximate surface area is 145 Å². The monoisotopic (exact) mass is 374 g/mol. The van der Waals surface area contributed by atoms with Gasteiger partial charge >= 0.3 is 0 Å². The molecule has 2 aromatic rings. The third-order valence-corrected chi connectivity index (χ3v) is 3.91. The normalized spacial score (nSPS) is 11.4. The van der Waals surface area contributed by atoms with Gasteiger partial charge in [0.2, 0.25) is 0 Å². The predicted molar refractivity (Wildman–Crippen MR) is 90.2 cm³/mol. The largest absolute Gasteiger partial charge is 0.348 e. The van der Waals surface area contributed by atoms with E-state index in [-0.39, 0.29) is 21.6 Å². The fourth-order valence-corrected chi connectivity index (χ4v) is 2.54. The van der Waals surface area contributed by atoms with Gasteiger partial charge in [0, 0.05) is 12.1 Å². The molecule has 1 aromatic carbocycles. The van der Waals surface area contributed by atoms with Crippen LogP contribution in [0.1, 0.15) is 10.4 Å². The second-order valence-electron chi connectivity index (χ2n) is 4.30. The first-order chi connectivity index (χ1) is 10.9. The maximum Gasteiger partial charge on any atom is 0.191 e. The van der Waals surface area contributed by atoms with Crippen molar-refractivity contribution in [3.05, 3.63) is 68.9 Å². The molecule has 120 valence electrons. The standard InChI is InChI=1S/C15H10Cl2F2N2OS/c1-23-14(20-11-4-2-8(18)6-10(11)19)7-12(22)9-3-5-13(16)21-15(9)17/h2-7,20H,1H3/b14-7+. The highest BCUT2D eigenvalue weighted by molar-refractivity contribution is 8.02. The minimum atomic E-state index is -0.761. The van der Waals surface area contributed by atoms with Crippen LogP contribution in [-0.2, 0) is 0 Å². The molecular formula is C15H10Cl2F2N2OS. The molecule has 1 heterocycles. The summed E-state index contributed by atoms with van der Waals surface area (Å²) in [7, 11) is 0. The summed E-state index contributed by atoms with van der Waals surface area (Å²) in [6, 6.07) is 6.01. The SMILES string of the molecule is CS/C(=C/C(=O)c1ccc(Cl)nc1Cl)Nc1ccc(F)cc1F. The van der Waals surface area contributed by atoms with Crippen LogP contribution in [0, 0.1) is 11.6 Å². The molecule has 3 nitrogen and oxygen atoms in total. The number of thioether (sulfide) groups is 1. The van der Waals surface area contributed by atoms with E-state index in [9.17, 15) is 13.6 Å². The van der Waals surface area contributed by atoms with Gasteiger partial charge in [0.05, 0.1) is 16.3 Å². The van der Waals surface area contributed by atoms with Crippen LogP contribution in [0.15, 0.2) is 41.4 Å². The van der Waals surface area contributed by atoms with E-state index in [1.54, 1.807) is 6.26 Å². The number of aromatic nitrogens is 1. The van der Waals surface area contributed by atoms with Crippen molar-refractivity contribution in [3.8, 4) is 0 Å². The van der Waals surface area contributed by atoms with Gasteiger partial charge in [-0.15, -0.1) is 11.8 Å². The minimum absolute atomic E-state index is 0.0211. The van der Waals surface area contributed by atoms with Crippen LogP contribution in [0.3, 0.4) is 0 Å². The number of benzene rings is 1. The molecule has 23 heavy (non-hydrogen) atoms. The summed E-state index contributed by atoms with van der Waals surface area (Å²) in [5.41, 5.74) is 0.226. The van der Waals surface area contributed by atoms with Crippen LogP contribution in [0.4, 0.5) is 14.5 Å². The van der Waals surface area contributed by atoms with Gasteiger partial charge in [0.25, 0.3) is 0 Å². The van der Waals surface area contributed by atoms with Gasteiger partial charge in [-0.25, -0.2) is 13.8 Å². The van der Waals surface area contributed by atoms with Crippen LogP contribution in [0.25, 0.3) is 0 Å². The van der Waals surface area contributed by atoms with Crippen LogP contribution in [-0.4, -0.2) is 17.0 Å². The molecule has 0 aliphatic carbocycles. The van der Waals surface area contributed by atoms with Crippen molar-refractivity contribution in [1.29, 1.82) is 0 Å². The average Bonchev–Trinajstić information content (AvgIpc) is 2.48. The molecule has 0 amide bonds. The van der Waals surface area contributed by atoms with Crippen LogP contribution < -0.4 is 5.32 Å². The molecule has 1 N–H and O–H groups in total. The minimum Gasteiger partial charge on any atom is -0.348 e. The average molecular weight is 375 g/mol. The molecule has 0 aliphatic rings. The Morgan fingerprint density at radius 3 is 2.61 bits per heavy atom. The van der Waals surface area contributed by atoms with E-state index in [2.05, 4.69) is 10.3 Å². The number of ketones is 1. The Balaban J connectivity index is 2.25. The fraction of sp³-hybridized carbons (Fsp3) is 0.0667. The molecular weight excluding hydrogens is 365 g/mol. The third-order valence-electron chi connectivity index (χ3n) is 2.75. The smallest absolute Gasteiger partial charge is 0.191 e. The Morgan fingerprint density at radius 2 is 2.00 bits per heavy atom. The number of nitrogens with one attached hydrogen (secondary N) is 1. The van der Waals surface area contributed by atoms with Gasteiger partial charge in [-0.1, -0.05) is 23.2 Å². The number of allylic oxidation sites excluding steroid dienone is 1. The summed E-state index contributed by atoms with van der Waals surface area (Å²) in [4.78, 5) is 16.0. The van der Waals surface area contributed by atoms with Crippen LogP contribution in [0.5, 0.6) is 0 Å². The zero-order valence-electron chi connectivity index (χ0n) is 11.7. The van der Waals surface area contributed by atoms with Crippen molar-refractivity contribution in [2.24, 2.45) is 0 Å². The highest BCUT2D eigenvalue weighted by Gasteiger charge is 2.12. The number of hydrogen-bond donors (Lipinski definition) is 1. The molecule has 0 saturated carbocycles. The summed E-state index contributed by atoms with van der Waals surface area (Å²) in [6.07, 6.45) is 2.96. The topological polar surface area (TPSA) is 42.0 Å². The maximum atomic E-state index is 13.6. The first-order valence-electron chi connectivity index (χ1n) is 6.25. The van der Waals surface area contributed by atoms with Crippen molar-refractivity contribution < 1.29 is 13.6 Å². The maximum absolute atomic E-state index is 13.6. The summed E-state index contributed by atoms with van der Waals surface area (Å²) >= 11 is 12.7. The Kier molecular flexibility index (Phi) is 5.98. The van der Waals surface area contributed by atoms with Crippen LogP contribution >= 0.6 is 35.0 Å². The number of nitrogens with zero attached hydrogens (tertiary/aromatic N) is 1. The number of halogens is 4.